The van der Waals surface area contributed by atoms with Crippen LogP contribution in [0.4, 0.5) is 0 Å². The first-order chi connectivity index (χ1) is 8.66. The third kappa shape index (κ3) is 1.75. The Morgan fingerprint density at radius 1 is 1.22 bits per heavy atom. The quantitative estimate of drug-likeness (QED) is 0.487. The first-order valence-electron chi connectivity index (χ1n) is 5.48. The molecule has 1 aliphatic heterocycles. The second-order valence-electron chi connectivity index (χ2n) is 4.17. The molecule has 2 aromatic heterocycles. The first-order valence-corrected chi connectivity index (χ1v) is 5.48. The number of hydrogen-bond acceptors (Lipinski definition) is 7. The van der Waals surface area contributed by atoms with E-state index in [1.165, 1.54) is 12.5 Å². The first kappa shape index (κ1) is 11.5. The molecule has 4 atom stereocenters. The van der Waals surface area contributed by atoms with E-state index in [9.17, 15) is 15.3 Å². The molecule has 0 amide bonds. The van der Waals surface area contributed by atoms with Gasteiger partial charge >= 0.3 is 0 Å². The number of aliphatic hydroxyl groups is 3. The number of nitrogens with one attached hydrogen (secondary N) is 1. The Morgan fingerprint density at radius 2 is 2.06 bits per heavy atom. The van der Waals surface area contributed by atoms with Crippen molar-refractivity contribution in [2.75, 3.05) is 6.61 Å². The number of rotatable bonds is 1. The zero-order valence-electron chi connectivity index (χ0n) is 9.26. The summed E-state index contributed by atoms with van der Waals surface area (Å²) in [4.78, 5) is 15.0. The maximum Gasteiger partial charge on any atom is 0.180 e. The van der Waals surface area contributed by atoms with Crippen LogP contribution in [-0.4, -0.2) is 60.2 Å². The van der Waals surface area contributed by atoms with Gasteiger partial charge in [0.15, 0.2) is 11.5 Å². The van der Waals surface area contributed by atoms with E-state index in [-0.39, 0.29) is 12.4 Å². The minimum Gasteiger partial charge on any atom is -0.388 e. The van der Waals surface area contributed by atoms with Crippen LogP contribution in [0.1, 0.15) is 11.9 Å². The molecule has 0 aromatic carbocycles. The Balaban J connectivity index is 1.93. The maximum absolute atomic E-state index is 9.84. The summed E-state index contributed by atoms with van der Waals surface area (Å²) in [6.45, 7) is -0.0785. The van der Waals surface area contributed by atoms with E-state index in [2.05, 4.69) is 19.9 Å². The summed E-state index contributed by atoms with van der Waals surface area (Å²) in [6, 6.07) is 0. The van der Waals surface area contributed by atoms with Crippen molar-refractivity contribution in [3.8, 4) is 0 Å². The molecule has 0 radical (unpaired) electrons. The summed E-state index contributed by atoms with van der Waals surface area (Å²) in [5.74, 6) is 0.230. The average molecular weight is 252 g/mol. The van der Waals surface area contributed by atoms with Crippen LogP contribution in [0.25, 0.3) is 11.2 Å². The van der Waals surface area contributed by atoms with Gasteiger partial charge in [0.2, 0.25) is 0 Å². The molecule has 1 aliphatic rings. The van der Waals surface area contributed by atoms with E-state index in [1.54, 1.807) is 0 Å². The van der Waals surface area contributed by atoms with Gasteiger partial charge in [0.1, 0.15) is 29.9 Å². The Hall–Kier alpha value is -1.61. The van der Waals surface area contributed by atoms with Gasteiger partial charge in [0.25, 0.3) is 0 Å². The number of H-pyrrole nitrogens is 1. The minimum atomic E-state index is -1.28. The number of imidazole rings is 1. The molecule has 1 saturated heterocycles. The minimum absolute atomic E-state index is 0.0785. The number of fused-ring (bicyclic) bond motifs is 1. The van der Waals surface area contributed by atoms with E-state index >= 15 is 0 Å². The van der Waals surface area contributed by atoms with Crippen molar-refractivity contribution < 1.29 is 20.1 Å². The Kier molecular flexibility index (Phi) is 2.71. The average Bonchev–Trinajstić information content (AvgIpc) is 2.83. The van der Waals surface area contributed by atoms with E-state index in [0.717, 1.165) is 0 Å². The molecule has 0 spiro atoms. The van der Waals surface area contributed by atoms with Crippen LogP contribution in [0.2, 0.25) is 0 Å². The van der Waals surface area contributed by atoms with Gasteiger partial charge in [0, 0.05) is 0 Å². The number of ether oxygens (including phenoxy) is 1. The summed E-state index contributed by atoms with van der Waals surface area (Å²) >= 11 is 0. The lowest BCUT2D eigenvalue weighted by molar-refractivity contribution is -0.191. The second-order valence-corrected chi connectivity index (χ2v) is 4.17. The maximum atomic E-state index is 9.84. The van der Waals surface area contributed by atoms with Gasteiger partial charge in [-0.3, -0.25) is 0 Å². The third-order valence-electron chi connectivity index (χ3n) is 2.95. The molecule has 8 heteroatoms. The standard InChI is InChI=1S/C10H12N4O4/c15-5-2-18-8(7(17)6(5)16)10-11-1-4-9(14-10)13-3-12-4/h1,3,5-8,15-17H,2H2,(H,11,12,13,14)/t5-,6-,7-,8-/m1/s1. The van der Waals surface area contributed by atoms with Crippen molar-refractivity contribution in [2.45, 2.75) is 24.4 Å². The SMILES string of the molecule is O[C@@H]1[C@H](O)[C@H](O)CO[C@H]1c1ncc2[nH]cnc2n1. The van der Waals surface area contributed by atoms with Crippen LogP contribution in [-0.2, 0) is 4.74 Å². The van der Waals surface area contributed by atoms with Crippen LogP contribution in [0.3, 0.4) is 0 Å². The topological polar surface area (TPSA) is 124 Å². The fraction of sp³-hybridized carbons (Fsp3) is 0.500. The van der Waals surface area contributed by atoms with Gasteiger partial charge in [0.05, 0.1) is 19.1 Å². The zero-order valence-corrected chi connectivity index (χ0v) is 9.26. The number of aliphatic hydroxyl groups excluding tert-OH is 3. The summed E-state index contributed by atoms with van der Waals surface area (Å²) in [5, 5.41) is 28.8. The molecule has 96 valence electrons. The van der Waals surface area contributed by atoms with E-state index in [4.69, 9.17) is 4.74 Å². The smallest absolute Gasteiger partial charge is 0.180 e. The fourth-order valence-electron chi connectivity index (χ4n) is 1.92. The van der Waals surface area contributed by atoms with Gasteiger partial charge in [-0.2, -0.15) is 0 Å². The highest BCUT2D eigenvalue weighted by atomic mass is 16.5. The van der Waals surface area contributed by atoms with Crippen molar-refractivity contribution in [3.05, 3.63) is 18.3 Å². The molecule has 0 unspecified atom stereocenters. The van der Waals surface area contributed by atoms with Crippen molar-refractivity contribution >= 4 is 11.2 Å². The number of hydrogen-bond donors (Lipinski definition) is 4. The lowest BCUT2D eigenvalue weighted by Gasteiger charge is -2.34. The Bertz CT molecular complexity index is 560. The molecular weight excluding hydrogens is 240 g/mol. The fourth-order valence-corrected chi connectivity index (χ4v) is 1.92. The van der Waals surface area contributed by atoms with Crippen LogP contribution < -0.4 is 0 Å². The molecule has 18 heavy (non-hydrogen) atoms. The molecule has 4 N–H and O–H groups in total. The third-order valence-corrected chi connectivity index (χ3v) is 2.95. The molecule has 0 saturated carbocycles. The molecule has 2 aromatic rings. The van der Waals surface area contributed by atoms with Crippen molar-refractivity contribution in [2.24, 2.45) is 0 Å². The van der Waals surface area contributed by atoms with Crippen LogP contribution in [0.15, 0.2) is 12.5 Å². The summed E-state index contributed by atoms with van der Waals surface area (Å²) in [6.07, 6.45) is -1.51. The molecule has 1 fully saturated rings. The summed E-state index contributed by atoms with van der Waals surface area (Å²) in [5.41, 5.74) is 1.13. The normalized spacial score (nSPS) is 32.8. The van der Waals surface area contributed by atoms with Crippen LogP contribution >= 0.6 is 0 Å². The molecule has 0 bridgehead atoms. The lowest BCUT2D eigenvalue weighted by Crippen LogP contribution is -2.49. The van der Waals surface area contributed by atoms with Crippen LogP contribution in [0, 0.1) is 0 Å². The zero-order chi connectivity index (χ0) is 12.7. The lowest BCUT2D eigenvalue weighted by atomic mass is 9.99. The van der Waals surface area contributed by atoms with E-state index < -0.39 is 24.4 Å². The highest BCUT2D eigenvalue weighted by molar-refractivity contribution is 5.68. The Labute approximate surface area is 101 Å². The molecule has 0 aliphatic carbocycles. The van der Waals surface area contributed by atoms with Gasteiger partial charge in [-0.15, -0.1) is 0 Å². The van der Waals surface area contributed by atoms with E-state index in [1.807, 2.05) is 0 Å². The highest BCUT2D eigenvalue weighted by Crippen LogP contribution is 2.27. The highest BCUT2D eigenvalue weighted by Gasteiger charge is 2.39. The molecular formula is C10H12N4O4. The largest absolute Gasteiger partial charge is 0.388 e. The number of aromatic nitrogens is 4. The number of nitrogens with zero attached hydrogens (tertiary/aromatic N) is 3. The second kappa shape index (κ2) is 4.25. The van der Waals surface area contributed by atoms with Gasteiger partial charge in [-0.05, 0) is 0 Å². The predicted molar refractivity (Wildman–Crippen MR) is 58.4 cm³/mol. The van der Waals surface area contributed by atoms with E-state index in [0.29, 0.717) is 11.2 Å². The van der Waals surface area contributed by atoms with Crippen molar-refractivity contribution in [1.82, 2.24) is 19.9 Å². The summed E-state index contributed by atoms with van der Waals surface area (Å²) < 4.78 is 5.26. The molecule has 3 heterocycles. The summed E-state index contributed by atoms with van der Waals surface area (Å²) in [7, 11) is 0. The van der Waals surface area contributed by atoms with Gasteiger partial charge in [-0.25, -0.2) is 15.0 Å². The number of aromatic amines is 1. The van der Waals surface area contributed by atoms with Crippen LogP contribution in [0.5, 0.6) is 0 Å². The predicted octanol–water partition coefficient (Wildman–Crippen LogP) is -1.49. The monoisotopic (exact) mass is 252 g/mol. The van der Waals surface area contributed by atoms with Gasteiger partial charge < -0.3 is 25.0 Å². The van der Waals surface area contributed by atoms with Crippen molar-refractivity contribution in [3.63, 3.8) is 0 Å². The van der Waals surface area contributed by atoms with Gasteiger partial charge in [-0.1, -0.05) is 0 Å². The molecule has 3 rings (SSSR count). The van der Waals surface area contributed by atoms with Crippen molar-refractivity contribution in [1.29, 1.82) is 0 Å². The molecule has 8 nitrogen and oxygen atoms in total. The Morgan fingerprint density at radius 3 is 2.89 bits per heavy atom.